The average molecular weight is 506 g/mol. The molecule has 9 heteroatoms. The van der Waals surface area contributed by atoms with Gasteiger partial charge in [0.15, 0.2) is 0 Å². The average Bonchev–Trinajstić information content (AvgIpc) is 2.87. The number of fused-ring (bicyclic) bond motifs is 1. The van der Waals surface area contributed by atoms with Gasteiger partial charge in [-0.1, -0.05) is 48.0 Å². The van der Waals surface area contributed by atoms with Crippen LogP contribution in [0.4, 0.5) is 21.6 Å². The normalized spacial score (nSPS) is 11.2. The van der Waals surface area contributed by atoms with E-state index in [9.17, 15) is 9.18 Å². The van der Waals surface area contributed by atoms with E-state index >= 15 is 0 Å². The molecule has 1 amide bonds. The molecule has 0 atom stereocenters. The molecule has 2 N–H and O–H groups in total. The number of nitrogens with zero attached hydrogens (tertiary/aromatic N) is 3. The van der Waals surface area contributed by atoms with Crippen LogP contribution in [-0.4, -0.2) is 41.5 Å². The van der Waals surface area contributed by atoms with Crippen LogP contribution < -0.4 is 15.4 Å². The molecule has 1 aromatic heterocycles. The molecule has 7 nitrogen and oxygen atoms in total. The first-order chi connectivity index (χ1) is 17.4. The van der Waals surface area contributed by atoms with Crippen LogP contribution in [0, 0.1) is 5.82 Å². The number of aromatic nitrogens is 2. The molecule has 184 valence electrons. The van der Waals surface area contributed by atoms with Crippen LogP contribution in [0.15, 0.2) is 79.1 Å². The number of likely N-dealkylation sites (N-methyl/N-ethyl adjacent to an activating group) is 1. The Labute approximate surface area is 213 Å². The highest BCUT2D eigenvalue weighted by Crippen LogP contribution is 2.33. The van der Waals surface area contributed by atoms with E-state index in [1.165, 1.54) is 37.2 Å². The van der Waals surface area contributed by atoms with Gasteiger partial charge in [-0.25, -0.2) is 14.4 Å². The summed E-state index contributed by atoms with van der Waals surface area (Å²) in [4.78, 5) is 23.3. The number of carbonyl (C=O) groups excluding carboxylic acids is 1. The van der Waals surface area contributed by atoms with Gasteiger partial charge in [0.05, 0.1) is 23.3 Å². The maximum absolute atomic E-state index is 13.5. The second-order valence-corrected chi connectivity index (χ2v) is 8.53. The lowest BCUT2D eigenvalue weighted by molar-refractivity contribution is -0.111. The van der Waals surface area contributed by atoms with Crippen LogP contribution in [0.3, 0.4) is 0 Å². The van der Waals surface area contributed by atoms with Crippen molar-refractivity contribution in [2.45, 2.75) is 6.54 Å². The van der Waals surface area contributed by atoms with E-state index in [2.05, 4.69) is 37.6 Å². The van der Waals surface area contributed by atoms with Gasteiger partial charge in [-0.15, -0.1) is 0 Å². The summed E-state index contributed by atoms with van der Waals surface area (Å²) >= 11 is 5.90. The minimum absolute atomic E-state index is 0.00539. The Bertz CT molecular complexity index is 1400. The van der Waals surface area contributed by atoms with Gasteiger partial charge >= 0.3 is 0 Å². The van der Waals surface area contributed by atoms with E-state index in [0.717, 1.165) is 6.54 Å². The highest BCUT2D eigenvalue weighted by molar-refractivity contribution is 6.31. The largest absolute Gasteiger partial charge is 0.494 e. The summed E-state index contributed by atoms with van der Waals surface area (Å²) < 4.78 is 19.0. The Morgan fingerprint density at radius 2 is 1.94 bits per heavy atom. The summed E-state index contributed by atoms with van der Waals surface area (Å²) in [5, 5.41) is 6.62. The van der Waals surface area contributed by atoms with E-state index in [-0.39, 0.29) is 10.9 Å². The monoisotopic (exact) mass is 505 g/mol. The minimum Gasteiger partial charge on any atom is -0.494 e. The SMILES string of the molecule is COc1cc2ncnc(Nc3ccc(F)c(Cl)c3)c2cc1NC(=O)/C=C/CN(C)Cc1ccccc1. The molecule has 0 radical (unpaired) electrons. The standard InChI is InChI=1S/C27H25ClFN5O2/c1-34(16-18-7-4-3-5-8-18)12-6-9-26(35)33-24-14-20-23(15-25(24)36-2)30-17-31-27(20)32-19-10-11-22(29)21(28)13-19/h3-11,13-15,17H,12,16H2,1-2H3,(H,33,35)(H,30,31,32)/b9-6+. The van der Waals surface area contributed by atoms with Crippen LogP contribution in [-0.2, 0) is 11.3 Å². The van der Waals surface area contributed by atoms with Crippen molar-refractivity contribution < 1.29 is 13.9 Å². The number of hydrogen-bond donors (Lipinski definition) is 2. The number of halogens is 2. The lowest BCUT2D eigenvalue weighted by Crippen LogP contribution is -2.18. The number of nitrogens with one attached hydrogen (secondary N) is 2. The first kappa shape index (κ1) is 25.1. The molecular formula is C27H25ClFN5O2. The van der Waals surface area contributed by atoms with Crippen molar-refractivity contribution in [3.63, 3.8) is 0 Å². The van der Waals surface area contributed by atoms with Crippen molar-refractivity contribution in [2.24, 2.45) is 0 Å². The minimum atomic E-state index is -0.510. The highest BCUT2D eigenvalue weighted by Gasteiger charge is 2.13. The lowest BCUT2D eigenvalue weighted by Gasteiger charge is -2.14. The predicted octanol–water partition coefficient (Wildman–Crippen LogP) is 5.80. The maximum atomic E-state index is 13.5. The van der Waals surface area contributed by atoms with E-state index < -0.39 is 5.82 Å². The summed E-state index contributed by atoms with van der Waals surface area (Å²) in [6.45, 7) is 1.39. The van der Waals surface area contributed by atoms with E-state index in [0.29, 0.717) is 40.4 Å². The van der Waals surface area contributed by atoms with Crippen LogP contribution in [0.1, 0.15) is 5.56 Å². The van der Waals surface area contributed by atoms with E-state index in [4.69, 9.17) is 16.3 Å². The third kappa shape index (κ3) is 6.35. The summed E-state index contributed by atoms with van der Waals surface area (Å²) in [5.41, 5.74) is 2.83. The number of anilines is 3. The number of benzene rings is 3. The quantitative estimate of drug-likeness (QED) is 0.280. The van der Waals surface area contributed by atoms with Crippen molar-refractivity contribution in [3.8, 4) is 5.75 Å². The van der Waals surface area contributed by atoms with Crippen molar-refractivity contribution >= 4 is 45.6 Å². The number of amides is 1. The lowest BCUT2D eigenvalue weighted by atomic mass is 10.1. The van der Waals surface area contributed by atoms with Crippen molar-refractivity contribution in [1.82, 2.24) is 14.9 Å². The smallest absolute Gasteiger partial charge is 0.248 e. The number of carbonyl (C=O) groups is 1. The second-order valence-electron chi connectivity index (χ2n) is 8.12. The fourth-order valence-electron chi connectivity index (χ4n) is 3.63. The molecule has 0 aliphatic carbocycles. The van der Waals surface area contributed by atoms with Crippen molar-refractivity contribution in [1.29, 1.82) is 0 Å². The molecule has 0 bridgehead atoms. The van der Waals surface area contributed by atoms with Crippen molar-refractivity contribution in [2.75, 3.05) is 31.3 Å². The fraction of sp³-hybridized carbons (Fsp3) is 0.148. The van der Waals surface area contributed by atoms with Gasteiger partial charge in [0.2, 0.25) is 5.91 Å². The molecule has 3 aromatic carbocycles. The second kappa shape index (κ2) is 11.6. The van der Waals surface area contributed by atoms with Gasteiger partial charge in [0.1, 0.15) is 23.7 Å². The molecule has 36 heavy (non-hydrogen) atoms. The summed E-state index contributed by atoms with van der Waals surface area (Å²) in [6, 6.07) is 17.9. The predicted molar refractivity (Wildman–Crippen MR) is 141 cm³/mol. The molecule has 0 saturated carbocycles. The Balaban J connectivity index is 1.49. The number of hydrogen-bond acceptors (Lipinski definition) is 6. The summed E-state index contributed by atoms with van der Waals surface area (Å²) in [7, 11) is 3.51. The third-order valence-corrected chi connectivity index (χ3v) is 5.67. The summed E-state index contributed by atoms with van der Waals surface area (Å²) in [5.74, 6) is 0.125. The van der Waals surface area contributed by atoms with Gasteiger partial charge < -0.3 is 15.4 Å². The molecule has 4 rings (SSSR count). The Kier molecular flexibility index (Phi) is 8.10. The fourth-order valence-corrected chi connectivity index (χ4v) is 3.81. The first-order valence-electron chi connectivity index (χ1n) is 11.2. The van der Waals surface area contributed by atoms with Crippen molar-refractivity contribution in [3.05, 3.63) is 95.5 Å². The molecule has 0 saturated heterocycles. The molecule has 0 aliphatic heterocycles. The molecule has 4 aromatic rings. The van der Waals surface area contributed by atoms with Gasteiger partial charge in [-0.3, -0.25) is 9.69 Å². The van der Waals surface area contributed by atoms with Gasteiger partial charge in [-0.2, -0.15) is 0 Å². The zero-order valence-electron chi connectivity index (χ0n) is 19.8. The van der Waals surface area contributed by atoms with Crippen LogP contribution in [0.2, 0.25) is 5.02 Å². The van der Waals surface area contributed by atoms with Crippen LogP contribution in [0.5, 0.6) is 5.75 Å². The molecular weight excluding hydrogens is 481 g/mol. The first-order valence-corrected chi connectivity index (χ1v) is 11.6. The van der Waals surface area contributed by atoms with Gasteiger partial charge in [0, 0.05) is 36.3 Å². The summed E-state index contributed by atoms with van der Waals surface area (Å²) in [6.07, 6.45) is 4.70. The molecule has 1 heterocycles. The van der Waals surface area contributed by atoms with Gasteiger partial charge in [-0.05, 0) is 36.9 Å². The number of ether oxygens (including phenoxy) is 1. The molecule has 0 spiro atoms. The highest BCUT2D eigenvalue weighted by atomic mass is 35.5. The number of rotatable bonds is 9. The Hall–Kier alpha value is -4.01. The van der Waals surface area contributed by atoms with Crippen LogP contribution in [0.25, 0.3) is 10.9 Å². The number of methoxy groups -OCH3 is 1. The molecule has 0 fully saturated rings. The topological polar surface area (TPSA) is 79.4 Å². The van der Waals surface area contributed by atoms with E-state index in [1.54, 1.807) is 24.3 Å². The zero-order valence-corrected chi connectivity index (χ0v) is 20.6. The Morgan fingerprint density at radius 1 is 1.14 bits per heavy atom. The van der Waals surface area contributed by atoms with Gasteiger partial charge in [0.25, 0.3) is 0 Å². The van der Waals surface area contributed by atoms with E-state index in [1.807, 2.05) is 25.2 Å². The molecule has 0 unspecified atom stereocenters. The zero-order chi connectivity index (χ0) is 25.5. The Morgan fingerprint density at radius 3 is 2.69 bits per heavy atom. The van der Waals surface area contributed by atoms with Crippen LogP contribution >= 0.6 is 11.6 Å². The maximum Gasteiger partial charge on any atom is 0.248 e. The molecule has 0 aliphatic rings. The third-order valence-electron chi connectivity index (χ3n) is 5.38.